The molecule has 1 aliphatic rings. The van der Waals surface area contributed by atoms with Crippen LogP contribution in [-0.2, 0) is 6.54 Å². The van der Waals surface area contributed by atoms with E-state index in [1.165, 1.54) is 11.3 Å². The zero-order valence-electron chi connectivity index (χ0n) is 15.5. The molecule has 0 aliphatic carbocycles. The average molecular weight is 360 g/mol. The van der Waals surface area contributed by atoms with Gasteiger partial charge in [0.25, 0.3) is 0 Å². The Morgan fingerprint density at radius 2 is 1.59 bits per heavy atom. The Labute approximate surface area is 159 Å². The van der Waals surface area contributed by atoms with Crippen LogP contribution in [0.15, 0.2) is 60.9 Å². The number of para-hydroxylation sites is 1. The molecular weight excluding hydrogens is 336 g/mol. The SMILES string of the molecule is Cc1nc(NCc2ccncc2)cc(N2CCN(c3ccccc3)CC2)n1. The van der Waals surface area contributed by atoms with Gasteiger partial charge in [-0.05, 0) is 36.8 Å². The van der Waals surface area contributed by atoms with E-state index < -0.39 is 0 Å². The van der Waals surface area contributed by atoms with Crippen molar-refractivity contribution in [3.8, 4) is 0 Å². The number of hydrogen-bond donors (Lipinski definition) is 1. The second-order valence-electron chi connectivity index (χ2n) is 6.68. The highest BCUT2D eigenvalue weighted by Gasteiger charge is 2.19. The lowest BCUT2D eigenvalue weighted by Crippen LogP contribution is -2.46. The van der Waals surface area contributed by atoms with Crippen LogP contribution in [-0.4, -0.2) is 41.1 Å². The molecule has 0 bridgehead atoms. The Kier molecular flexibility index (Phi) is 5.14. The summed E-state index contributed by atoms with van der Waals surface area (Å²) in [6, 6.07) is 16.6. The van der Waals surface area contributed by atoms with Crippen LogP contribution in [0.2, 0.25) is 0 Å². The lowest BCUT2D eigenvalue weighted by molar-refractivity contribution is 0.646. The van der Waals surface area contributed by atoms with Gasteiger partial charge in [-0.1, -0.05) is 18.2 Å². The maximum atomic E-state index is 4.66. The van der Waals surface area contributed by atoms with Crippen molar-refractivity contribution in [1.82, 2.24) is 15.0 Å². The van der Waals surface area contributed by atoms with Gasteiger partial charge in [-0.2, -0.15) is 0 Å². The first-order valence-corrected chi connectivity index (χ1v) is 9.31. The number of pyridine rings is 1. The first-order chi connectivity index (χ1) is 13.3. The Bertz CT molecular complexity index is 860. The van der Waals surface area contributed by atoms with E-state index in [1.54, 1.807) is 12.4 Å². The van der Waals surface area contributed by atoms with Crippen LogP contribution in [0.1, 0.15) is 11.4 Å². The van der Waals surface area contributed by atoms with E-state index in [0.717, 1.165) is 50.2 Å². The standard InChI is InChI=1S/C21H24N6/c1-17-24-20(23-16-18-7-9-22-10-8-18)15-21(25-17)27-13-11-26(12-14-27)19-5-3-2-4-6-19/h2-10,15H,11-14,16H2,1H3,(H,23,24,25). The molecule has 27 heavy (non-hydrogen) atoms. The summed E-state index contributed by atoms with van der Waals surface area (Å²) >= 11 is 0. The zero-order valence-corrected chi connectivity index (χ0v) is 15.5. The number of hydrogen-bond acceptors (Lipinski definition) is 6. The maximum absolute atomic E-state index is 4.66. The minimum absolute atomic E-state index is 0.722. The molecule has 3 aromatic rings. The van der Waals surface area contributed by atoms with Crippen molar-refractivity contribution < 1.29 is 0 Å². The summed E-state index contributed by atoms with van der Waals surface area (Å²) in [5.74, 6) is 2.64. The summed E-state index contributed by atoms with van der Waals surface area (Å²) in [7, 11) is 0. The summed E-state index contributed by atoms with van der Waals surface area (Å²) in [4.78, 5) is 18.0. The third-order valence-corrected chi connectivity index (χ3v) is 4.77. The molecule has 0 atom stereocenters. The number of benzene rings is 1. The molecule has 0 unspecified atom stereocenters. The molecule has 4 rings (SSSR count). The van der Waals surface area contributed by atoms with E-state index in [0.29, 0.717) is 0 Å². The van der Waals surface area contributed by atoms with Gasteiger partial charge < -0.3 is 15.1 Å². The fraction of sp³-hybridized carbons (Fsp3) is 0.286. The van der Waals surface area contributed by atoms with Gasteiger partial charge in [-0.25, -0.2) is 9.97 Å². The number of anilines is 3. The van der Waals surface area contributed by atoms with Gasteiger partial charge in [-0.3, -0.25) is 4.98 Å². The smallest absolute Gasteiger partial charge is 0.134 e. The summed E-state index contributed by atoms with van der Waals surface area (Å²) < 4.78 is 0. The van der Waals surface area contributed by atoms with Crippen LogP contribution in [0, 0.1) is 6.92 Å². The highest BCUT2D eigenvalue weighted by molar-refractivity contribution is 5.52. The highest BCUT2D eigenvalue weighted by Crippen LogP contribution is 2.21. The zero-order chi connectivity index (χ0) is 18.5. The van der Waals surface area contributed by atoms with Crippen molar-refractivity contribution in [3.05, 3.63) is 72.3 Å². The first-order valence-electron chi connectivity index (χ1n) is 9.31. The second kappa shape index (κ2) is 8.03. The van der Waals surface area contributed by atoms with Crippen LogP contribution in [0.3, 0.4) is 0 Å². The summed E-state index contributed by atoms with van der Waals surface area (Å²) in [5, 5.41) is 3.40. The minimum atomic E-state index is 0.722. The van der Waals surface area contributed by atoms with Crippen molar-refractivity contribution in [2.24, 2.45) is 0 Å². The molecule has 0 amide bonds. The third kappa shape index (κ3) is 4.34. The van der Waals surface area contributed by atoms with Crippen molar-refractivity contribution in [3.63, 3.8) is 0 Å². The molecule has 1 fully saturated rings. The maximum Gasteiger partial charge on any atom is 0.134 e. The van der Waals surface area contributed by atoms with Gasteiger partial charge in [-0.15, -0.1) is 0 Å². The Morgan fingerprint density at radius 3 is 2.33 bits per heavy atom. The van der Waals surface area contributed by atoms with Gasteiger partial charge in [0, 0.05) is 56.9 Å². The second-order valence-corrected chi connectivity index (χ2v) is 6.68. The first kappa shape index (κ1) is 17.3. The molecule has 0 radical (unpaired) electrons. The van der Waals surface area contributed by atoms with E-state index in [4.69, 9.17) is 0 Å². The molecule has 3 heterocycles. The molecular formula is C21H24N6. The molecule has 6 heteroatoms. The molecule has 6 nitrogen and oxygen atoms in total. The predicted molar refractivity (Wildman–Crippen MR) is 109 cm³/mol. The summed E-state index contributed by atoms with van der Waals surface area (Å²) in [5.41, 5.74) is 2.47. The largest absolute Gasteiger partial charge is 0.368 e. The molecule has 1 aromatic carbocycles. The number of aryl methyl sites for hydroxylation is 1. The van der Waals surface area contributed by atoms with Gasteiger partial charge in [0.05, 0.1) is 0 Å². The van der Waals surface area contributed by atoms with E-state index in [-0.39, 0.29) is 0 Å². The lowest BCUT2D eigenvalue weighted by Gasteiger charge is -2.36. The fourth-order valence-corrected chi connectivity index (χ4v) is 3.33. The van der Waals surface area contributed by atoms with Crippen molar-refractivity contribution >= 4 is 17.3 Å². The molecule has 1 N–H and O–H groups in total. The molecule has 1 aliphatic heterocycles. The molecule has 2 aromatic heterocycles. The van der Waals surface area contributed by atoms with Crippen molar-refractivity contribution in [1.29, 1.82) is 0 Å². The fourth-order valence-electron chi connectivity index (χ4n) is 3.33. The van der Waals surface area contributed by atoms with E-state index >= 15 is 0 Å². The quantitative estimate of drug-likeness (QED) is 0.754. The minimum Gasteiger partial charge on any atom is -0.368 e. The molecule has 0 spiro atoms. The third-order valence-electron chi connectivity index (χ3n) is 4.77. The van der Waals surface area contributed by atoms with E-state index in [9.17, 15) is 0 Å². The number of nitrogens with one attached hydrogen (secondary N) is 1. The summed E-state index contributed by atoms with van der Waals surface area (Å²) in [6.07, 6.45) is 3.61. The van der Waals surface area contributed by atoms with Gasteiger partial charge in [0.2, 0.25) is 0 Å². The molecule has 0 saturated carbocycles. The van der Waals surface area contributed by atoms with Crippen LogP contribution < -0.4 is 15.1 Å². The Morgan fingerprint density at radius 1 is 0.889 bits per heavy atom. The predicted octanol–water partition coefficient (Wildman–Crippen LogP) is 3.12. The summed E-state index contributed by atoms with van der Waals surface area (Å²) in [6.45, 7) is 6.56. The number of rotatable bonds is 5. The number of piperazine rings is 1. The van der Waals surface area contributed by atoms with Crippen molar-refractivity contribution in [2.45, 2.75) is 13.5 Å². The molecule has 1 saturated heterocycles. The average Bonchev–Trinajstić information content (AvgIpc) is 2.73. The van der Waals surface area contributed by atoms with Gasteiger partial charge in [0.1, 0.15) is 17.5 Å². The van der Waals surface area contributed by atoms with Crippen LogP contribution in [0.4, 0.5) is 17.3 Å². The highest BCUT2D eigenvalue weighted by atomic mass is 15.3. The Balaban J connectivity index is 1.41. The van der Waals surface area contributed by atoms with E-state index in [1.807, 2.05) is 25.1 Å². The normalized spacial score (nSPS) is 14.3. The van der Waals surface area contributed by atoms with Gasteiger partial charge >= 0.3 is 0 Å². The number of aromatic nitrogens is 3. The van der Waals surface area contributed by atoms with E-state index in [2.05, 4.69) is 60.4 Å². The number of nitrogens with zero attached hydrogens (tertiary/aromatic N) is 5. The van der Waals surface area contributed by atoms with Crippen LogP contribution >= 0.6 is 0 Å². The Hall–Kier alpha value is -3.15. The topological polar surface area (TPSA) is 57.2 Å². The molecule has 138 valence electrons. The van der Waals surface area contributed by atoms with Crippen molar-refractivity contribution in [2.75, 3.05) is 41.3 Å². The van der Waals surface area contributed by atoms with Crippen LogP contribution in [0.25, 0.3) is 0 Å². The van der Waals surface area contributed by atoms with Gasteiger partial charge in [0.15, 0.2) is 0 Å². The van der Waals surface area contributed by atoms with Crippen LogP contribution in [0.5, 0.6) is 0 Å². The monoisotopic (exact) mass is 360 g/mol. The lowest BCUT2D eigenvalue weighted by atomic mass is 10.2.